The number of rotatable bonds is 60. The van der Waals surface area contributed by atoms with E-state index in [0.717, 1.165) is 70.6 Å². The van der Waals surface area contributed by atoms with E-state index in [1.54, 1.807) is 0 Å². The van der Waals surface area contributed by atoms with Crippen LogP contribution in [0.15, 0.2) is 36.5 Å². The molecule has 0 radical (unpaired) electrons. The number of allylic oxidation sites excluding steroid dienone is 6. The van der Waals surface area contributed by atoms with Gasteiger partial charge in [-0.1, -0.05) is 288 Å². The third-order valence-corrected chi connectivity index (χ3v) is 15.4. The number of nitrogens with zero attached hydrogens (tertiary/aromatic N) is 1. The summed E-state index contributed by atoms with van der Waals surface area (Å²) in [7, 11) is 1.48. The van der Waals surface area contributed by atoms with Gasteiger partial charge in [0.1, 0.15) is 19.8 Å². The Kier molecular flexibility index (Phi) is 55.6. The van der Waals surface area contributed by atoms with Crippen LogP contribution < -0.4 is 0 Å². The molecule has 0 spiro atoms. The summed E-state index contributed by atoms with van der Waals surface area (Å²) >= 11 is 0. The van der Waals surface area contributed by atoms with Crippen molar-refractivity contribution < 1.29 is 42.1 Å². The number of ether oxygens (including phenoxy) is 2. The SMILES string of the molecule is CCCCCCC/C=C\C/C=C\C/C=C\CCCCCCCCC(=O)OC(COC(=O)CCCCCCCCCCCCCCCCCCCCCCCCCCCCCCCC)COP(=O)(O)OCC[N+](C)(C)C. The zero-order chi connectivity index (χ0) is 54.9. The second-order valence-electron chi connectivity index (χ2n) is 23.2. The maximum Gasteiger partial charge on any atom is 0.472 e. The Morgan fingerprint density at radius 2 is 0.720 bits per heavy atom. The van der Waals surface area contributed by atoms with Gasteiger partial charge in [0.15, 0.2) is 6.10 Å². The van der Waals surface area contributed by atoms with Crippen molar-refractivity contribution in [1.82, 2.24) is 0 Å². The van der Waals surface area contributed by atoms with Crippen LogP contribution in [-0.2, 0) is 32.7 Å². The minimum Gasteiger partial charge on any atom is -0.462 e. The number of phosphoric ester groups is 1. The molecular weight excluding hydrogens is 954 g/mol. The molecule has 0 aliphatic rings. The molecule has 0 aliphatic carbocycles. The molecule has 1 N–H and O–H groups in total. The van der Waals surface area contributed by atoms with Crippen LogP contribution in [0.1, 0.15) is 316 Å². The van der Waals surface area contributed by atoms with Gasteiger partial charge in [-0.2, -0.15) is 0 Å². The number of phosphoric acid groups is 1. The average Bonchev–Trinajstić information content (AvgIpc) is 3.37. The summed E-state index contributed by atoms with van der Waals surface area (Å²) in [4.78, 5) is 35.8. The van der Waals surface area contributed by atoms with Crippen LogP contribution in [0.2, 0.25) is 0 Å². The van der Waals surface area contributed by atoms with Crippen LogP contribution in [0.3, 0.4) is 0 Å². The predicted molar refractivity (Wildman–Crippen MR) is 321 cm³/mol. The molecule has 2 unspecified atom stereocenters. The minimum atomic E-state index is -4.39. The molecule has 0 saturated heterocycles. The third-order valence-electron chi connectivity index (χ3n) is 14.4. The van der Waals surface area contributed by atoms with Gasteiger partial charge in [0.25, 0.3) is 0 Å². The Hall–Kier alpha value is -1.77. The van der Waals surface area contributed by atoms with E-state index in [1.165, 1.54) is 212 Å². The number of unbranched alkanes of at least 4 members (excludes halogenated alkanes) is 40. The summed E-state index contributed by atoms with van der Waals surface area (Å²) in [6.45, 7) is 4.46. The topological polar surface area (TPSA) is 108 Å². The van der Waals surface area contributed by atoms with Crippen LogP contribution in [-0.4, -0.2) is 74.9 Å². The minimum absolute atomic E-state index is 0.0301. The fourth-order valence-electron chi connectivity index (χ4n) is 9.44. The number of esters is 2. The van der Waals surface area contributed by atoms with Crippen molar-refractivity contribution >= 4 is 19.8 Å². The van der Waals surface area contributed by atoms with E-state index < -0.39 is 26.5 Å². The number of hydrogen-bond donors (Lipinski definition) is 1. The molecule has 442 valence electrons. The zero-order valence-electron chi connectivity index (χ0n) is 50.3. The van der Waals surface area contributed by atoms with Crippen molar-refractivity contribution in [3.63, 3.8) is 0 Å². The lowest BCUT2D eigenvalue weighted by molar-refractivity contribution is -0.870. The van der Waals surface area contributed by atoms with Crippen LogP contribution in [0.4, 0.5) is 0 Å². The standard InChI is InChI=1S/C65H124NO8P/c1-6-8-10-12-14-16-18-20-22-24-26-28-29-30-31-32-33-34-35-36-38-39-41-43-45-47-49-51-53-55-57-64(67)71-61-63(62-73-75(69,70)72-60-59-66(3,4)5)74-65(68)58-56-54-52-50-48-46-44-42-40-37-27-25-23-21-19-17-15-13-11-9-7-2/h19,21,25,27,40,42,63H,6-18,20,22-24,26,28-39,41,43-62H2,1-5H3/p+1/b21-19-,27-25-,42-40-. The molecule has 0 bridgehead atoms. The largest absolute Gasteiger partial charge is 0.472 e. The summed E-state index contributed by atoms with van der Waals surface area (Å²) in [5.41, 5.74) is 0. The quantitative estimate of drug-likeness (QED) is 0.0211. The lowest BCUT2D eigenvalue weighted by atomic mass is 10.0. The Morgan fingerprint density at radius 3 is 1.07 bits per heavy atom. The summed E-state index contributed by atoms with van der Waals surface area (Å²) in [5, 5.41) is 0. The molecule has 0 heterocycles. The third kappa shape index (κ3) is 61.3. The first-order valence-electron chi connectivity index (χ1n) is 32.2. The lowest BCUT2D eigenvalue weighted by Crippen LogP contribution is -2.37. The van der Waals surface area contributed by atoms with Gasteiger partial charge in [0, 0.05) is 12.8 Å². The zero-order valence-corrected chi connectivity index (χ0v) is 51.2. The van der Waals surface area contributed by atoms with Gasteiger partial charge in [-0.15, -0.1) is 0 Å². The van der Waals surface area contributed by atoms with E-state index in [4.69, 9.17) is 18.5 Å². The second-order valence-corrected chi connectivity index (χ2v) is 24.6. The fourth-order valence-corrected chi connectivity index (χ4v) is 10.2. The highest BCUT2D eigenvalue weighted by atomic mass is 31.2. The molecule has 0 aromatic heterocycles. The van der Waals surface area contributed by atoms with E-state index in [0.29, 0.717) is 23.9 Å². The van der Waals surface area contributed by atoms with Gasteiger partial charge >= 0.3 is 19.8 Å². The molecule has 75 heavy (non-hydrogen) atoms. The van der Waals surface area contributed by atoms with Crippen molar-refractivity contribution in [3.05, 3.63) is 36.5 Å². The molecule has 10 heteroatoms. The summed E-state index contributed by atoms with van der Waals surface area (Å²) in [6, 6.07) is 0. The van der Waals surface area contributed by atoms with Crippen molar-refractivity contribution in [2.75, 3.05) is 47.5 Å². The van der Waals surface area contributed by atoms with Crippen LogP contribution in [0, 0.1) is 0 Å². The number of likely N-dealkylation sites (N-methyl/N-ethyl adjacent to an activating group) is 1. The molecule has 0 saturated carbocycles. The Labute approximate surface area is 465 Å². The van der Waals surface area contributed by atoms with E-state index in [1.807, 2.05) is 21.1 Å². The Balaban J connectivity index is 4.05. The molecular formula is C65H125NO8P+. The van der Waals surface area contributed by atoms with E-state index >= 15 is 0 Å². The smallest absolute Gasteiger partial charge is 0.462 e. The Bertz CT molecular complexity index is 1360. The molecule has 0 aliphatic heterocycles. The molecule has 0 aromatic carbocycles. The van der Waals surface area contributed by atoms with Crippen LogP contribution in [0.25, 0.3) is 0 Å². The first-order valence-corrected chi connectivity index (χ1v) is 33.7. The first kappa shape index (κ1) is 73.2. The fraction of sp³-hybridized carbons (Fsp3) is 0.877. The first-order chi connectivity index (χ1) is 36.5. The number of carbonyl (C=O) groups excluding carboxylic acids is 2. The molecule has 0 amide bonds. The van der Waals surface area contributed by atoms with Crippen molar-refractivity contribution in [3.8, 4) is 0 Å². The maximum absolute atomic E-state index is 12.8. The lowest BCUT2D eigenvalue weighted by Gasteiger charge is -2.24. The highest BCUT2D eigenvalue weighted by Crippen LogP contribution is 2.43. The van der Waals surface area contributed by atoms with Crippen LogP contribution >= 0.6 is 7.82 Å². The van der Waals surface area contributed by atoms with E-state index in [-0.39, 0.29) is 25.6 Å². The van der Waals surface area contributed by atoms with Gasteiger partial charge < -0.3 is 18.9 Å². The summed E-state index contributed by atoms with van der Waals surface area (Å²) in [5.74, 6) is -0.797. The summed E-state index contributed by atoms with van der Waals surface area (Å²) in [6.07, 6.45) is 70.9. The van der Waals surface area contributed by atoms with Crippen molar-refractivity contribution in [2.24, 2.45) is 0 Å². The number of carbonyl (C=O) groups is 2. The van der Waals surface area contributed by atoms with Crippen LogP contribution in [0.5, 0.6) is 0 Å². The highest BCUT2D eigenvalue weighted by molar-refractivity contribution is 7.47. The normalized spacial score (nSPS) is 13.4. The molecule has 0 aromatic rings. The van der Waals surface area contributed by atoms with Crippen molar-refractivity contribution in [1.29, 1.82) is 0 Å². The summed E-state index contributed by atoms with van der Waals surface area (Å²) < 4.78 is 34.6. The maximum atomic E-state index is 12.8. The van der Waals surface area contributed by atoms with Gasteiger partial charge in [-0.3, -0.25) is 18.6 Å². The second kappa shape index (κ2) is 56.9. The monoisotopic (exact) mass is 1080 g/mol. The number of quaternary nitrogens is 1. The van der Waals surface area contributed by atoms with Gasteiger partial charge in [0.05, 0.1) is 27.7 Å². The molecule has 2 atom stereocenters. The van der Waals surface area contributed by atoms with Gasteiger partial charge in [-0.05, 0) is 51.4 Å². The van der Waals surface area contributed by atoms with Gasteiger partial charge in [0.2, 0.25) is 0 Å². The predicted octanol–water partition coefficient (Wildman–Crippen LogP) is 20.3. The van der Waals surface area contributed by atoms with E-state index in [2.05, 4.69) is 50.3 Å². The Morgan fingerprint density at radius 1 is 0.413 bits per heavy atom. The molecule has 0 fully saturated rings. The van der Waals surface area contributed by atoms with Crippen molar-refractivity contribution in [2.45, 2.75) is 322 Å². The molecule has 0 rings (SSSR count). The highest BCUT2D eigenvalue weighted by Gasteiger charge is 2.27. The van der Waals surface area contributed by atoms with E-state index in [9.17, 15) is 19.0 Å². The van der Waals surface area contributed by atoms with Gasteiger partial charge in [-0.25, -0.2) is 4.57 Å². The number of hydrogen-bond acceptors (Lipinski definition) is 7. The molecule has 9 nitrogen and oxygen atoms in total. The average molecular weight is 1080 g/mol.